The molecule has 1 N–H and O–H groups in total. The Morgan fingerprint density at radius 1 is 1.07 bits per heavy atom. The summed E-state index contributed by atoms with van der Waals surface area (Å²) in [5.74, 6) is -7.78. The van der Waals surface area contributed by atoms with Crippen LogP contribution in [0.15, 0.2) is 59.9 Å². The van der Waals surface area contributed by atoms with Crippen LogP contribution in [0.5, 0.6) is 5.75 Å². The summed E-state index contributed by atoms with van der Waals surface area (Å²) < 4.78 is 59.1. The van der Waals surface area contributed by atoms with Crippen LogP contribution in [0.3, 0.4) is 0 Å². The predicted molar refractivity (Wildman–Crippen MR) is 159 cm³/mol. The highest BCUT2D eigenvalue weighted by Gasteiger charge is 2.24. The number of carbonyl (C=O) groups is 1. The fourth-order valence-electron chi connectivity index (χ4n) is 3.27. The van der Waals surface area contributed by atoms with Gasteiger partial charge in [0.1, 0.15) is 12.6 Å². The Morgan fingerprint density at radius 2 is 1.66 bits per heavy atom. The number of nitrogens with one attached hydrogen (secondary N) is 1. The summed E-state index contributed by atoms with van der Waals surface area (Å²) in [5.41, 5.74) is 4.16. The van der Waals surface area contributed by atoms with E-state index in [2.05, 4.69) is 50.6 Å². The number of halogens is 4. The highest BCUT2D eigenvalue weighted by atomic mass is 19.2. The number of carbonyl (C=O) groups excluding carboxylic acids is 1. The predicted octanol–water partition coefficient (Wildman–Crippen LogP) is 7.75. The largest absolute Gasteiger partial charge is 0.479 e. The van der Waals surface area contributed by atoms with Crippen molar-refractivity contribution in [3.63, 3.8) is 0 Å². The Balaban J connectivity index is 0.00000196. The number of Topliss-reactive ketones (excluding diaryl/α,β-unsaturated/α-hetero) is 1. The zero-order valence-electron chi connectivity index (χ0n) is 24.9. The summed E-state index contributed by atoms with van der Waals surface area (Å²) >= 11 is 0. The average Bonchev–Trinajstić information content (AvgIpc) is 2.92. The van der Waals surface area contributed by atoms with Crippen molar-refractivity contribution in [3.05, 3.63) is 94.7 Å². The molecule has 0 aliphatic rings. The molecule has 2 atom stereocenters. The minimum absolute atomic E-state index is 0.0613. The number of hydrazone groups is 1. The molecule has 0 fully saturated rings. The lowest BCUT2D eigenvalue weighted by Crippen LogP contribution is -2.36. The summed E-state index contributed by atoms with van der Waals surface area (Å²) in [5, 5.41) is 8.52. The van der Waals surface area contributed by atoms with E-state index < -0.39 is 47.5 Å². The van der Waals surface area contributed by atoms with Crippen molar-refractivity contribution in [2.45, 2.75) is 67.1 Å². The molecular formula is C32H41F4N3O2. The van der Waals surface area contributed by atoms with E-state index in [-0.39, 0.29) is 12.1 Å². The van der Waals surface area contributed by atoms with Crippen molar-refractivity contribution in [3.8, 4) is 5.75 Å². The minimum atomic E-state index is -1.72. The number of nitrogens with zero attached hydrogens (tertiary/aromatic N) is 2. The molecule has 0 aliphatic heterocycles. The Kier molecular flexibility index (Phi) is 14.8. The molecule has 0 aromatic heterocycles. The molecule has 2 rings (SSSR count). The first-order chi connectivity index (χ1) is 19.2. The van der Waals surface area contributed by atoms with Crippen LogP contribution in [0.2, 0.25) is 0 Å². The van der Waals surface area contributed by atoms with Crippen LogP contribution >= 0.6 is 0 Å². The van der Waals surface area contributed by atoms with Gasteiger partial charge in [-0.1, -0.05) is 63.8 Å². The lowest BCUT2D eigenvalue weighted by molar-refractivity contribution is -0.125. The molecule has 0 bridgehead atoms. The SMILES string of the molecule is C=C/C=C\c1cc(CNC(C)/C(C)=C/N(N=C)C(C)C(=O)COc2c(F)c(F)cc(F)c2F)ccc1C.CC(C)C. The summed E-state index contributed by atoms with van der Waals surface area (Å²) in [4.78, 5) is 12.6. The summed E-state index contributed by atoms with van der Waals surface area (Å²) in [6.45, 7) is 20.7. The first kappa shape index (κ1) is 35.3. The van der Waals surface area contributed by atoms with Crippen LogP contribution < -0.4 is 10.1 Å². The monoisotopic (exact) mass is 575 g/mol. The zero-order chi connectivity index (χ0) is 31.3. The van der Waals surface area contributed by atoms with Crippen LogP contribution in [0.25, 0.3) is 6.08 Å². The summed E-state index contributed by atoms with van der Waals surface area (Å²) in [6.07, 6.45) is 7.20. The quantitative estimate of drug-likeness (QED) is 0.0873. The van der Waals surface area contributed by atoms with Crippen molar-refractivity contribution in [2.75, 3.05) is 6.61 Å². The van der Waals surface area contributed by atoms with Crippen LogP contribution in [0, 0.1) is 36.1 Å². The number of allylic oxidation sites excluding steroid dienone is 2. The molecule has 5 nitrogen and oxygen atoms in total. The number of hydrogen-bond donors (Lipinski definition) is 1. The molecule has 41 heavy (non-hydrogen) atoms. The Bertz CT molecular complexity index is 1230. The topological polar surface area (TPSA) is 53.9 Å². The Labute approximate surface area is 241 Å². The number of benzene rings is 2. The van der Waals surface area contributed by atoms with Crippen molar-refractivity contribution in [1.29, 1.82) is 0 Å². The van der Waals surface area contributed by atoms with E-state index in [1.807, 2.05) is 45.1 Å². The van der Waals surface area contributed by atoms with Crippen LogP contribution in [0.4, 0.5) is 17.6 Å². The fraction of sp³-hybridized carbons (Fsp3) is 0.375. The van der Waals surface area contributed by atoms with Gasteiger partial charge in [0.2, 0.25) is 11.6 Å². The molecule has 0 amide bonds. The Hall–Kier alpha value is -3.72. The highest BCUT2D eigenvalue weighted by molar-refractivity contribution is 5.85. The van der Waals surface area contributed by atoms with E-state index in [9.17, 15) is 22.4 Å². The third-order valence-electron chi connectivity index (χ3n) is 5.84. The summed E-state index contributed by atoms with van der Waals surface area (Å²) in [7, 11) is 0. The van der Waals surface area contributed by atoms with Crippen LogP contribution in [-0.4, -0.2) is 36.2 Å². The van der Waals surface area contributed by atoms with Gasteiger partial charge in [0.15, 0.2) is 23.2 Å². The lowest BCUT2D eigenvalue weighted by Gasteiger charge is -2.24. The van der Waals surface area contributed by atoms with Gasteiger partial charge in [0.25, 0.3) is 0 Å². The van der Waals surface area contributed by atoms with Gasteiger partial charge in [-0.3, -0.25) is 9.80 Å². The molecule has 0 radical (unpaired) electrons. The van der Waals surface area contributed by atoms with Gasteiger partial charge in [-0.15, -0.1) is 0 Å². The van der Waals surface area contributed by atoms with Crippen molar-refractivity contribution < 1.29 is 27.1 Å². The van der Waals surface area contributed by atoms with Gasteiger partial charge < -0.3 is 10.1 Å². The van der Waals surface area contributed by atoms with Gasteiger partial charge in [0.05, 0.1) is 0 Å². The molecule has 224 valence electrons. The molecule has 0 aliphatic carbocycles. The van der Waals surface area contributed by atoms with Crippen molar-refractivity contribution >= 4 is 18.6 Å². The number of hydrogen-bond acceptors (Lipinski definition) is 5. The lowest BCUT2D eigenvalue weighted by atomic mass is 10.0. The second-order valence-corrected chi connectivity index (χ2v) is 10.2. The molecule has 9 heteroatoms. The van der Waals surface area contributed by atoms with Crippen molar-refractivity contribution in [2.24, 2.45) is 11.0 Å². The molecular weight excluding hydrogens is 534 g/mol. The normalized spacial score (nSPS) is 12.9. The van der Waals surface area contributed by atoms with E-state index >= 15 is 0 Å². The van der Waals surface area contributed by atoms with Gasteiger partial charge in [-0.2, -0.15) is 13.9 Å². The first-order valence-electron chi connectivity index (χ1n) is 13.3. The summed E-state index contributed by atoms with van der Waals surface area (Å²) in [6, 6.07) is 5.19. The average molecular weight is 576 g/mol. The molecule has 0 heterocycles. The van der Waals surface area contributed by atoms with Crippen LogP contribution in [-0.2, 0) is 11.3 Å². The highest BCUT2D eigenvalue weighted by Crippen LogP contribution is 2.26. The molecule has 0 spiro atoms. The number of ether oxygens (including phenoxy) is 1. The number of rotatable bonds is 13. The smallest absolute Gasteiger partial charge is 0.203 e. The second kappa shape index (κ2) is 17.2. The van der Waals surface area contributed by atoms with Gasteiger partial charge in [0, 0.05) is 31.6 Å². The molecule has 0 saturated carbocycles. The molecule has 2 unspecified atom stereocenters. The molecule has 2 aromatic carbocycles. The van der Waals surface area contributed by atoms with E-state index in [1.54, 1.807) is 12.3 Å². The maximum Gasteiger partial charge on any atom is 0.203 e. The number of aryl methyl sites for hydroxylation is 1. The zero-order valence-corrected chi connectivity index (χ0v) is 24.9. The fourth-order valence-corrected chi connectivity index (χ4v) is 3.27. The third kappa shape index (κ3) is 11.4. The van der Waals surface area contributed by atoms with E-state index in [0.717, 1.165) is 28.2 Å². The molecule has 0 saturated heterocycles. The van der Waals surface area contributed by atoms with Crippen LogP contribution in [0.1, 0.15) is 58.2 Å². The minimum Gasteiger partial charge on any atom is -0.479 e. The maximum atomic E-state index is 13.8. The number of ketones is 1. The van der Waals surface area contributed by atoms with Crippen molar-refractivity contribution in [1.82, 2.24) is 10.3 Å². The standard InChI is InChI=1S/C28H31F4N3O2.C4H10/c1-7-8-9-22-12-21(11-10-17(22)2)14-34-19(4)18(3)15-35(33-6)20(5)25(36)16-37-28-26(31)23(29)13-24(30)27(28)32;1-4(2)3/h7-13,15,19-20,34H,1,6,14,16H2,2-5H3;4H,1-3H3/b9-8-,18-15+;. The maximum absolute atomic E-state index is 13.8. The third-order valence-corrected chi connectivity index (χ3v) is 5.84. The van der Waals surface area contributed by atoms with Gasteiger partial charge in [-0.05, 0) is 55.9 Å². The van der Waals surface area contributed by atoms with E-state index in [0.29, 0.717) is 6.54 Å². The van der Waals surface area contributed by atoms with E-state index in [4.69, 9.17) is 4.74 Å². The van der Waals surface area contributed by atoms with E-state index in [1.165, 1.54) is 11.9 Å². The van der Waals surface area contributed by atoms with Gasteiger partial charge >= 0.3 is 0 Å². The Morgan fingerprint density at radius 3 is 2.20 bits per heavy atom. The van der Waals surface area contributed by atoms with Gasteiger partial charge in [-0.25, -0.2) is 8.78 Å². The second-order valence-electron chi connectivity index (χ2n) is 10.2. The molecule has 2 aromatic rings. The first-order valence-corrected chi connectivity index (χ1v) is 13.3.